The second-order valence-electron chi connectivity index (χ2n) is 5.97. The number of rotatable bonds is 9. The number of carbonyl (C=O) groups is 1. The van der Waals surface area contributed by atoms with Gasteiger partial charge in [0.2, 0.25) is 11.1 Å². The van der Waals surface area contributed by atoms with Crippen molar-refractivity contribution in [1.29, 1.82) is 0 Å². The van der Waals surface area contributed by atoms with E-state index < -0.39 is 0 Å². The molecule has 8 nitrogen and oxygen atoms in total. The van der Waals surface area contributed by atoms with Crippen molar-refractivity contribution in [3.05, 3.63) is 53.6 Å². The zero-order chi connectivity index (χ0) is 20.6. The summed E-state index contributed by atoms with van der Waals surface area (Å²) in [5, 5.41) is 10.1. The summed E-state index contributed by atoms with van der Waals surface area (Å²) in [5.74, 6) is 1.95. The Morgan fingerprint density at radius 1 is 1.14 bits per heavy atom. The van der Waals surface area contributed by atoms with Crippen molar-refractivity contribution in [1.82, 2.24) is 15.2 Å². The van der Waals surface area contributed by atoms with Gasteiger partial charge in [-0.15, -0.1) is 5.10 Å². The Hall–Kier alpha value is -3.20. The van der Waals surface area contributed by atoms with E-state index in [0.29, 0.717) is 46.9 Å². The van der Waals surface area contributed by atoms with Gasteiger partial charge in [0.05, 0.1) is 13.2 Å². The van der Waals surface area contributed by atoms with E-state index in [2.05, 4.69) is 20.5 Å². The first-order valence-corrected chi connectivity index (χ1v) is 10.2. The summed E-state index contributed by atoms with van der Waals surface area (Å²) in [5.41, 5.74) is 7.70. The Morgan fingerprint density at radius 2 is 1.93 bits per heavy atom. The van der Waals surface area contributed by atoms with E-state index in [0.717, 1.165) is 5.56 Å². The number of nitrogen functional groups attached to an aromatic ring is 1. The van der Waals surface area contributed by atoms with E-state index in [9.17, 15) is 4.79 Å². The SMILES string of the molecule is CCOc1ccc(NC(=O)c2cccc(CSc3n[nH]c(N)n3)c2)cc1OCC. The number of nitrogens with zero attached hydrogens (tertiary/aromatic N) is 2. The zero-order valence-electron chi connectivity index (χ0n) is 16.3. The van der Waals surface area contributed by atoms with Crippen LogP contribution in [0.25, 0.3) is 0 Å². The number of amides is 1. The smallest absolute Gasteiger partial charge is 0.255 e. The molecule has 1 amide bonds. The lowest BCUT2D eigenvalue weighted by Gasteiger charge is -2.13. The molecule has 0 bridgehead atoms. The van der Waals surface area contributed by atoms with Crippen molar-refractivity contribution in [2.45, 2.75) is 24.8 Å². The van der Waals surface area contributed by atoms with E-state index in [-0.39, 0.29) is 11.9 Å². The number of aromatic nitrogens is 3. The number of thioether (sulfide) groups is 1. The molecule has 2 aromatic carbocycles. The molecule has 0 atom stereocenters. The maximum absolute atomic E-state index is 12.7. The summed E-state index contributed by atoms with van der Waals surface area (Å²) in [7, 11) is 0. The minimum Gasteiger partial charge on any atom is -0.490 e. The molecule has 0 spiro atoms. The van der Waals surface area contributed by atoms with Crippen LogP contribution >= 0.6 is 11.8 Å². The minimum absolute atomic E-state index is 0.203. The zero-order valence-corrected chi connectivity index (χ0v) is 17.1. The van der Waals surface area contributed by atoms with Gasteiger partial charge in [0.1, 0.15) is 0 Å². The first-order chi connectivity index (χ1) is 14.1. The van der Waals surface area contributed by atoms with Gasteiger partial charge in [0.15, 0.2) is 11.5 Å². The molecule has 3 rings (SSSR count). The number of nitrogens with one attached hydrogen (secondary N) is 2. The Morgan fingerprint density at radius 3 is 2.66 bits per heavy atom. The molecule has 1 aromatic heterocycles. The predicted molar refractivity (Wildman–Crippen MR) is 114 cm³/mol. The molecule has 3 aromatic rings. The van der Waals surface area contributed by atoms with Crippen LogP contribution in [0, 0.1) is 0 Å². The lowest BCUT2D eigenvalue weighted by Crippen LogP contribution is -2.12. The van der Waals surface area contributed by atoms with Crippen LogP contribution in [0.4, 0.5) is 11.6 Å². The summed E-state index contributed by atoms with van der Waals surface area (Å²) in [6, 6.07) is 12.8. The summed E-state index contributed by atoms with van der Waals surface area (Å²) in [4.78, 5) is 16.7. The number of anilines is 2. The summed E-state index contributed by atoms with van der Waals surface area (Å²) >= 11 is 1.44. The summed E-state index contributed by atoms with van der Waals surface area (Å²) in [6.45, 7) is 4.86. The van der Waals surface area contributed by atoms with Gasteiger partial charge in [0.25, 0.3) is 5.91 Å². The van der Waals surface area contributed by atoms with Gasteiger partial charge < -0.3 is 20.5 Å². The number of hydrogen-bond donors (Lipinski definition) is 3. The van der Waals surface area contributed by atoms with Gasteiger partial charge >= 0.3 is 0 Å². The molecule has 9 heteroatoms. The maximum Gasteiger partial charge on any atom is 0.255 e. The van der Waals surface area contributed by atoms with E-state index >= 15 is 0 Å². The van der Waals surface area contributed by atoms with Crippen molar-refractivity contribution in [3.8, 4) is 11.5 Å². The largest absolute Gasteiger partial charge is 0.490 e. The monoisotopic (exact) mass is 413 g/mol. The molecule has 0 aliphatic carbocycles. The number of H-pyrrole nitrogens is 1. The molecule has 0 aliphatic rings. The van der Waals surface area contributed by atoms with Gasteiger partial charge in [0, 0.05) is 23.1 Å². The quantitative estimate of drug-likeness (QED) is 0.458. The third kappa shape index (κ3) is 5.64. The number of aromatic amines is 1. The van der Waals surface area contributed by atoms with Gasteiger partial charge in [-0.2, -0.15) is 4.98 Å². The van der Waals surface area contributed by atoms with Crippen molar-refractivity contribution in [2.75, 3.05) is 24.3 Å². The molecule has 0 radical (unpaired) electrons. The Balaban J connectivity index is 1.68. The second-order valence-corrected chi connectivity index (χ2v) is 6.92. The normalized spacial score (nSPS) is 10.6. The van der Waals surface area contributed by atoms with Crippen LogP contribution in [0.2, 0.25) is 0 Å². The number of hydrogen-bond acceptors (Lipinski definition) is 7. The molecular formula is C20H23N5O3S. The standard InChI is InChI=1S/C20H23N5O3S/c1-3-27-16-9-8-15(11-17(16)28-4-2)22-18(26)14-7-5-6-13(10-14)12-29-20-23-19(21)24-25-20/h5-11H,3-4,12H2,1-2H3,(H,22,26)(H3,21,23,24,25). The first kappa shape index (κ1) is 20.5. The highest BCUT2D eigenvalue weighted by Gasteiger charge is 2.11. The van der Waals surface area contributed by atoms with Crippen molar-refractivity contribution >= 4 is 29.3 Å². The van der Waals surface area contributed by atoms with E-state index in [1.54, 1.807) is 24.3 Å². The maximum atomic E-state index is 12.7. The fourth-order valence-electron chi connectivity index (χ4n) is 2.61. The Kier molecular flexibility index (Phi) is 6.96. The number of benzene rings is 2. The highest BCUT2D eigenvalue weighted by Crippen LogP contribution is 2.31. The Labute approximate surface area is 173 Å². The molecule has 0 unspecified atom stereocenters. The van der Waals surface area contributed by atoms with Crippen LogP contribution in [0.3, 0.4) is 0 Å². The van der Waals surface area contributed by atoms with Crippen LogP contribution in [0.1, 0.15) is 29.8 Å². The Bertz CT molecular complexity index is 976. The third-order valence-corrected chi connectivity index (χ3v) is 4.76. The molecule has 0 fully saturated rings. The average Bonchev–Trinajstić information content (AvgIpc) is 3.14. The van der Waals surface area contributed by atoms with E-state index in [1.807, 2.05) is 32.0 Å². The second kappa shape index (κ2) is 9.83. The molecule has 1 heterocycles. The lowest BCUT2D eigenvalue weighted by atomic mass is 10.1. The predicted octanol–water partition coefficient (Wildman–Crippen LogP) is 3.73. The van der Waals surface area contributed by atoms with E-state index in [4.69, 9.17) is 15.2 Å². The fraction of sp³-hybridized carbons (Fsp3) is 0.250. The molecule has 29 heavy (non-hydrogen) atoms. The molecule has 0 saturated heterocycles. The van der Waals surface area contributed by atoms with Crippen molar-refractivity contribution in [2.24, 2.45) is 0 Å². The highest BCUT2D eigenvalue weighted by atomic mass is 32.2. The molecule has 4 N–H and O–H groups in total. The van der Waals surface area contributed by atoms with Crippen LogP contribution in [0.15, 0.2) is 47.6 Å². The topological polar surface area (TPSA) is 115 Å². The third-order valence-electron chi connectivity index (χ3n) is 3.84. The first-order valence-electron chi connectivity index (χ1n) is 9.19. The van der Waals surface area contributed by atoms with Crippen LogP contribution in [-0.4, -0.2) is 34.3 Å². The molecule has 0 aliphatic heterocycles. The molecular weight excluding hydrogens is 390 g/mol. The van der Waals surface area contributed by atoms with Gasteiger partial charge in [-0.25, -0.2) is 5.10 Å². The summed E-state index contributed by atoms with van der Waals surface area (Å²) in [6.07, 6.45) is 0. The molecule has 152 valence electrons. The van der Waals surface area contributed by atoms with Crippen molar-refractivity contribution in [3.63, 3.8) is 0 Å². The lowest BCUT2D eigenvalue weighted by molar-refractivity contribution is 0.102. The number of carbonyl (C=O) groups excluding carboxylic acids is 1. The minimum atomic E-state index is -0.203. The summed E-state index contributed by atoms with van der Waals surface area (Å²) < 4.78 is 11.2. The van der Waals surface area contributed by atoms with Crippen LogP contribution in [-0.2, 0) is 5.75 Å². The van der Waals surface area contributed by atoms with Gasteiger partial charge in [-0.3, -0.25) is 4.79 Å². The van der Waals surface area contributed by atoms with Gasteiger partial charge in [-0.1, -0.05) is 23.9 Å². The van der Waals surface area contributed by atoms with Crippen LogP contribution in [0.5, 0.6) is 11.5 Å². The number of ether oxygens (including phenoxy) is 2. The van der Waals surface area contributed by atoms with Crippen molar-refractivity contribution < 1.29 is 14.3 Å². The van der Waals surface area contributed by atoms with E-state index in [1.165, 1.54) is 11.8 Å². The fourth-order valence-corrected chi connectivity index (χ4v) is 3.35. The average molecular weight is 414 g/mol. The number of nitrogens with two attached hydrogens (primary N) is 1. The van der Waals surface area contributed by atoms with Crippen LogP contribution < -0.4 is 20.5 Å². The van der Waals surface area contributed by atoms with Gasteiger partial charge in [-0.05, 0) is 43.7 Å². The molecule has 0 saturated carbocycles. The highest BCUT2D eigenvalue weighted by molar-refractivity contribution is 7.98.